The van der Waals surface area contributed by atoms with E-state index < -0.39 is 23.7 Å². The van der Waals surface area contributed by atoms with Crippen molar-refractivity contribution in [3.63, 3.8) is 0 Å². The van der Waals surface area contributed by atoms with Crippen LogP contribution in [0.1, 0.15) is 22.0 Å². The molecule has 2 atom stereocenters. The van der Waals surface area contributed by atoms with Gasteiger partial charge in [0.25, 0.3) is 5.91 Å². The van der Waals surface area contributed by atoms with Crippen molar-refractivity contribution in [2.75, 3.05) is 23.9 Å². The van der Waals surface area contributed by atoms with E-state index in [1.807, 2.05) is 43.3 Å². The van der Waals surface area contributed by atoms with Gasteiger partial charge in [0.15, 0.2) is 5.78 Å². The number of nitrogens with zero attached hydrogens (tertiary/aromatic N) is 2. The summed E-state index contributed by atoms with van der Waals surface area (Å²) in [6.07, 6.45) is 0. The molecule has 2 unspecified atom stereocenters. The van der Waals surface area contributed by atoms with Crippen LogP contribution in [-0.4, -0.2) is 31.6 Å². The largest absolute Gasteiger partial charge is 0.378 e. The van der Waals surface area contributed by atoms with E-state index in [9.17, 15) is 14.4 Å². The van der Waals surface area contributed by atoms with Gasteiger partial charge in [-0.3, -0.25) is 19.3 Å². The van der Waals surface area contributed by atoms with E-state index in [1.165, 1.54) is 4.90 Å². The standard InChI is InChI=1S/C25H21ClN2O3/c1-27(2)19-12-8-16(9-13-19)22-21(23(29)17-6-4-3-5-7-17)24(30)25(31)28(22)20-14-10-18(26)11-15-20/h3-15,21-22H,1-2H3. The normalized spacial score (nSPS) is 18.4. The van der Waals surface area contributed by atoms with Gasteiger partial charge >= 0.3 is 0 Å². The van der Waals surface area contributed by atoms with Gasteiger partial charge in [0.05, 0.1) is 6.04 Å². The second kappa shape index (κ2) is 8.36. The first-order valence-corrected chi connectivity index (χ1v) is 10.3. The number of hydrogen-bond donors (Lipinski definition) is 0. The minimum Gasteiger partial charge on any atom is -0.378 e. The number of amides is 1. The van der Waals surface area contributed by atoms with Crippen LogP contribution < -0.4 is 9.80 Å². The average Bonchev–Trinajstić information content (AvgIpc) is 3.05. The number of hydrogen-bond acceptors (Lipinski definition) is 4. The lowest BCUT2D eigenvalue weighted by atomic mass is 9.86. The first-order chi connectivity index (χ1) is 14.9. The summed E-state index contributed by atoms with van der Waals surface area (Å²) in [6, 6.07) is 22.1. The summed E-state index contributed by atoms with van der Waals surface area (Å²) >= 11 is 6.01. The maximum absolute atomic E-state index is 13.4. The molecule has 1 fully saturated rings. The first kappa shape index (κ1) is 20.8. The van der Waals surface area contributed by atoms with Crippen LogP contribution in [0.5, 0.6) is 0 Å². The highest BCUT2D eigenvalue weighted by molar-refractivity contribution is 6.49. The van der Waals surface area contributed by atoms with Gasteiger partial charge in [-0.15, -0.1) is 0 Å². The highest BCUT2D eigenvalue weighted by Crippen LogP contribution is 2.41. The Morgan fingerprint density at radius 2 is 1.48 bits per heavy atom. The van der Waals surface area contributed by atoms with Gasteiger partial charge in [0.2, 0.25) is 5.78 Å². The van der Waals surface area contributed by atoms with Crippen LogP contribution >= 0.6 is 11.6 Å². The fourth-order valence-electron chi connectivity index (χ4n) is 3.91. The molecule has 1 aliphatic heterocycles. The Kier molecular flexibility index (Phi) is 5.61. The Morgan fingerprint density at radius 3 is 2.06 bits per heavy atom. The minimum absolute atomic E-state index is 0.364. The lowest BCUT2D eigenvalue weighted by molar-refractivity contribution is -0.135. The highest BCUT2D eigenvalue weighted by Gasteiger charge is 2.52. The molecule has 3 aromatic rings. The summed E-state index contributed by atoms with van der Waals surface area (Å²) in [5.41, 5.74) is 2.62. The topological polar surface area (TPSA) is 57.7 Å². The third-order valence-electron chi connectivity index (χ3n) is 5.50. The van der Waals surface area contributed by atoms with Crippen LogP contribution in [0, 0.1) is 5.92 Å². The van der Waals surface area contributed by atoms with Crippen LogP contribution in [0.2, 0.25) is 5.02 Å². The summed E-state index contributed by atoms with van der Waals surface area (Å²) in [6.45, 7) is 0. The second-order valence-electron chi connectivity index (χ2n) is 7.65. The molecule has 5 nitrogen and oxygen atoms in total. The predicted octanol–water partition coefficient (Wildman–Crippen LogP) is 4.56. The summed E-state index contributed by atoms with van der Waals surface area (Å²) < 4.78 is 0. The SMILES string of the molecule is CN(C)c1ccc(C2C(C(=O)c3ccccc3)C(=O)C(=O)N2c2ccc(Cl)cc2)cc1. The minimum atomic E-state index is -1.13. The molecule has 0 radical (unpaired) electrons. The summed E-state index contributed by atoms with van der Waals surface area (Å²) in [5, 5.41) is 0.519. The van der Waals surface area contributed by atoms with Crippen molar-refractivity contribution in [1.29, 1.82) is 0 Å². The maximum Gasteiger partial charge on any atom is 0.295 e. The number of anilines is 2. The zero-order valence-electron chi connectivity index (χ0n) is 17.2. The molecule has 0 aromatic heterocycles. The van der Waals surface area contributed by atoms with E-state index in [0.717, 1.165) is 5.69 Å². The molecule has 0 aliphatic carbocycles. The van der Waals surface area contributed by atoms with E-state index >= 15 is 0 Å². The Hall–Kier alpha value is -3.44. The first-order valence-electron chi connectivity index (χ1n) is 9.88. The number of rotatable bonds is 5. The van der Waals surface area contributed by atoms with Crippen LogP contribution in [0.25, 0.3) is 0 Å². The zero-order valence-corrected chi connectivity index (χ0v) is 17.9. The van der Waals surface area contributed by atoms with Crippen LogP contribution in [0.15, 0.2) is 78.9 Å². The molecule has 3 aromatic carbocycles. The van der Waals surface area contributed by atoms with Crippen LogP contribution in [0.4, 0.5) is 11.4 Å². The number of benzene rings is 3. The molecule has 31 heavy (non-hydrogen) atoms. The van der Waals surface area contributed by atoms with Crippen molar-refractivity contribution >= 4 is 40.4 Å². The van der Waals surface area contributed by atoms with Crippen molar-refractivity contribution in [2.45, 2.75) is 6.04 Å². The van der Waals surface area contributed by atoms with E-state index in [4.69, 9.17) is 11.6 Å². The maximum atomic E-state index is 13.4. The Balaban J connectivity index is 1.84. The lowest BCUT2D eigenvalue weighted by Gasteiger charge is -2.28. The van der Waals surface area contributed by atoms with Gasteiger partial charge in [-0.2, -0.15) is 0 Å². The molecular weight excluding hydrogens is 412 g/mol. The number of Topliss-reactive ketones (excluding diaryl/α,β-unsaturated/α-hetero) is 2. The molecule has 6 heteroatoms. The Morgan fingerprint density at radius 1 is 0.871 bits per heavy atom. The molecule has 1 aliphatic rings. The highest BCUT2D eigenvalue weighted by atomic mass is 35.5. The summed E-state index contributed by atoms with van der Waals surface area (Å²) in [4.78, 5) is 42.9. The average molecular weight is 433 g/mol. The number of carbonyl (C=O) groups excluding carboxylic acids is 3. The quantitative estimate of drug-likeness (QED) is 0.337. The number of carbonyl (C=O) groups is 3. The van der Waals surface area contributed by atoms with Crippen molar-refractivity contribution in [1.82, 2.24) is 0 Å². The molecule has 1 heterocycles. The van der Waals surface area contributed by atoms with Gasteiger partial charge in [0, 0.05) is 36.1 Å². The van der Waals surface area contributed by atoms with Gasteiger partial charge in [0.1, 0.15) is 5.92 Å². The fraction of sp³-hybridized carbons (Fsp3) is 0.160. The molecule has 4 rings (SSSR count). The Labute approximate surface area is 185 Å². The molecule has 1 amide bonds. The van der Waals surface area contributed by atoms with Gasteiger partial charge in [-0.25, -0.2) is 0 Å². The summed E-state index contributed by atoms with van der Waals surface area (Å²) in [5.74, 6) is -2.89. The smallest absolute Gasteiger partial charge is 0.295 e. The predicted molar refractivity (Wildman–Crippen MR) is 122 cm³/mol. The molecule has 0 N–H and O–H groups in total. The molecule has 156 valence electrons. The van der Waals surface area contributed by atoms with Gasteiger partial charge in [-0.1, -0.05) is 54.1 Å². The molecule has 0 bridgehead atoms. The van der Waals surface area contributed by atoms with Gasteiger partial charge < -0.3 is 4.90 Å². The van der Waals surface area contributed by atoms with E-state index in [1.54, 1.807) is 54.6 Å². The molecule has 0 spiro atoms. The van der Waals surface area contributed by atoms with E-state index in [0.29, 0.717) is 21.8 Å². The Bertz CT molecular complexity index is 1130. The van der Waals surface area contributed by atoms with E-state index in [-0.39, 0.29) is 5.78 Å². The van der Waals surface area contributed by atoms with Crippen molar-refractivity contribution in [3.8, 4) is 0 Å². The lowest BCUT2D eigenvalue weighted by Crippen LogP contribution is -2.30. The molecule has 0 saturated carbocycles. The zero-order chi connectivity index (χ0) is 22.1. The van der Waals surface area contributed by atoms with Crippen LogP contribution in [-0.2, 0) is 9.59 Å². The second-order valence-corrected chi connectivity index (χ2v) is 8.09. The van der Waals surface area contributed by atoms with Crippen molar-refractivity contribution in [3.05, 3.63) is 95.0 Å². The fourth-order valence-corrected chi connectivity index (χ4v) is 4.03. The number of halogens is 1. The van der Waals surface area contributed by atoms with Crippen molar-refractivity contribution < 1.29 is 14.4 Å². The van der Waals surface area contributed by atoms with Gasteiger partial charge in [-0.05, 0) is 42.0 Å². The van der Waals surface area contributed by atoms with Crippen LogP contribution in [0.3, 0.4) is 0 Å². The number of ketones is 2. The third kappa shape index (κ3) is 3.84. The molecular formula is C25H21ClN2O3. The van der Waals surface area contributed by atoms with Crippen molar-refractivity contribution in [2.24, 2.45) is 5.92 Å². The molecule has 1 saturated heterocycles. The third-order valence-corrected chi connectivity index (χ3v) is 5.75. The summed E-state index contributed by atoms with van der Waals surface area (Å²) in [7, 11) is 3.86. The monoisotopic (exact) mass is 432 g/mol. The van der Waals surface area contributed by atoms with E-state index in [2.05, 4.69) is 0 Å².